The Morgan fingerprint density at radius 1 is 0.963 bits per heavy atom. The van der Waals surface area contributed by atoms with Gasteiger partial charge in [-0.15, -0.1) is 0 Å². The predicted octanol–water partition coefficient (Wildman–Crippen LogP) is 6.00. The number of ether oxygens (including phenoxy) is 1. The van der Waals surface area contributed by atoms with Crippen LogP contribution in [0.2, 0.25) is 5.02 Å². The Balaban J connectivity index is 1.67. The summed E-state index contributed by atoms with van der Waals surface area (Å²) < 4.78 is 11.4. The first-order chi connectivity index (χ1) is 13.1. The molecule has 0 atom stereocenters. The third kappa shape index (κ3) is 3.60. The van der Waals surface area contributed by atoms with E-state index in [1.54, 1.807) is 6.07 Å². The summed E-state index contributed by atoms with van der Waals surface area (Å²) in [6.07, 6.45) is 0. The van der Waals surface area contributed by atoms with Gasteiger partial charge in [0.05, 0.1) is 5.56 Å². The summed E-state index contributed by atoms with van der Waals surface area (Å²) in [5, 5.41) is 1.59. The molecule has 0 radical (unpaired) electrons. The molecule has 4 aromatic rings. The summed E-state index contributed by atoms with van der Waals surface area (Å²) in [7, 11) is 0. The first-order valence-corrected chi connectivity index (χ1v) is 9.00. The lowest BCUT2D eigenvalue weighted by Crippen LogP contribution is -2.06. The molecule has 0 saturated carbocycles. The third-order valence-electron chi connectivity index (χ3n) is 4.52. The van der Waals surface area contributed by atoms with Crippen molar-refractivity contribution in [3.8, 4) is 16.9 Å². The van der Waals surface area contributed by atoms with Gasteiger partial charge in [-0.25, -0.2) is 4.79 Å². The summed E-state index contributed by atoms with van der Waals surface area (Å²) in [5.41, 5.74) is 3.53. The van der Waals surface area contributed by atoms with Gasteiger partial charge in [-0.05, 0) is 47.9 Å². The van der Waals surface area contributed by atoms with Gasteiger partial charge in [-0.1, -0.05) is 54.1 Å². The minimum absolute atomic E-state index is 0.346. The summed E-state index contributed by atoms with van der Waals surface area (Å²) in [4.78, 5) is 12.6. The molecule has 4 rings (SSSR count). The van der Waals surface area contributed by atoms with Crippen molar-refractivity contribution in [2.45, 2.75) is 13.5 Å². The minimum atomic E-state index is -0.346. The Kier molecular flexibility index (Phi) is 4.69. The first kappa shape index (κ1) is 17.4. The van der Waals surface area contributed by atoms with E-state index in [-0.39, 0.29) is 5.63 Å². The summed E-state index contributed by atoms with van der Waals surface area (Å²) in [6, 6.07) is 22.6. The first-order valence-electron chi connectivity index (χ1n) is 8.62. The lowest BCUT2D eigenvalue weighted by Gasteiger charge is -2.10. The van der Waals surface area contributed by atoms with Crippen LogP contribution in [0.15, 0.2) is 82.0 Å². The molecule has 4 heteroatoms. The molecule has 134 valence electrons. The molecule has 1 aromatic heterocycles. The van der Waals surface area contributed by atoms with E-state index in [2.05, 4.69) is 0 Å². The number of hydrogen-bond donors (Lipinski definition) is 0. The van der Waals surface area contributed by atoms with Crippen molar-refractivity contribution in [2.24, 2.45) is 0 Å². The van der Waals surface area contributed by atoms with Crippen LogP contribution in [0.3, 0.4) is 0 Å². The molecule has 0 aliphatic heterocycles. The molecule has 3 aromatic carbocycles. The second kappa shape index (κ2) is 7.29. The lowest BCUT2D eigenvalue weighted by atomic mass is 10.00. The Bertz CT molecular complexity index is 1150. The highest BCUT2D eigenvalue weighted by atomic mass is 35.5. The molecular weight excluding hydrogens is 360 g/mol. The Morgan fingerprint density at radius 2 is 1.70 bits per heavy atom. The minimum Gasteiger partial charge on any atom is -0.489 e. The second-order valence-electron chi connectivity index (χ2n) is 6.33. The van der Waals surface area contributed by atoms with Crippen molar-refractivity contribution in [2.75, 3.05) is 0 Å². The normalized spacial score (nSPS) is 10.9. The van der Waals surface area contributed by atoms with Crippen LogP contribution < -0.4 is 10.4 Å². The van der Waals surface area contributed by atoms with E-state index in [4.69, 9.17) is 20.8 Å². The van der Waals surface area contributed by atoms with Crippen molar-refractivity contribution in [1.82, 2.24) is 0 Å². The van der Waals surface area contributed by atoms with Gasteiger partial charge >= 0.3 is 5.63 Å². The highest BCUT2D eigenvalue weighted by Gasteiger charge is 2.13. The smallest absolute Gasteiger partial charge is 0.344 e. The van der Waals surface area contributed by atoms with Gasteiger partial charge in [0.15, 0.2) is 0 Å². The van der Waals surface area contributed by atoms with Crippen molar-refractivity contribution in [3.63, 3.8) is 0 Å². The van der Waals surface area contributed by atoms with Crippen LogP contribution in [0.4, 0.5) is 0 Å². The van der Waals surface area contributed by atoms with Gasteiger partial charge in [0.1, 0.15) is 17.9 Å². The maximum Gasteiger partial charge on any atom is 0.344 e. The van der Waals surface area contributed by atoms with Gasteiger partial charge in [-0.2, -0.15) is 0 Å². The summed E-state index contributed by atoms with van der Waals surface area (Å²) in [5.74, 6) is 0.646. The van der Waals surface area contributed by atoms with Crippen LogP contribution in [0.5, 0.6) is 5.75 Å². The Morgan fingerprint density at radius 3 is 2.44 bits per heavy atom. The highest BCUT2D eigenvalue weighted by molar-refractivity contribution is 6.30. The second-order valence-corrected chi connectivity index (χ2v) is 6.77. The van der Waals surface area contributed by atoms with Gasteiger partial charge in [-0.3, -0.25) is 0 Å². The number of aryl methyl sites for hydroxylation is 1. The topological polar surface area (TPSA) is 39.4 Å². The van der Waals surface area contributed by atoms with Crippen LogP contribution in [0.25, 0.3) is 22.1 Å². The highest BCUT2D eigenvalue weighted by Crippen LogP contribution is 2.29. The Labute approximate surface area is 161 Å². The average molecular weight is 377 g/mol. The van der Waals surface area contributed by atoms with E-state index < -0.39 is 0 Å². The number of fused-ring (bicyclic) bond motifs is 1. The molecule has 1 heterocycles. The zero-order chi connectivity index (χ0) is 18.8. The molecule has 3 nitrogen and oxygen atoms in total. The molecule has 0 aliphatic carbocycles. The van der Waals surface area contributed by atoms with Crippen molar-refractivity contribution >= 4 is 22.6 Å². The monoisotopic (exact) mass is 376 g/mol. The fourth-order valence-corrected chi connectivity index (χ4v) is 3.24. The van der Waals surface area contributed by atoms with Gasteiger partial charge in [0.2, 0.25) is 0 Å². The number of rotatable bonds is 4. The van der Waals surface area contributed by atoms with Crippen LogP contribution >= 0.6 is 11.6 Å². The molecule has 0 amide bonds. The van der Waals surface area contributed by atoms with Gasteiger partial charge in [0.25, 0.3) is 0 Å². The van der Waals surface area contributed by atoms with E-state index in [0.717, 1.165) is 22.1 Å². The van der Waals surface area contributed by atoms with E-state index in [1.165, 1.54) is 0 Å². The van der Waals surface area contributed by atoms with Crippen LogP contribution in [-0.2, 0) is 6.61 Å². The van der Waals surface area contributed by atoms with Crippen LogP contribution in [0, 0.1) is 6.92 Å². The van der Waals surface area contributed by atoms with Crippen LogP contribution in [0.1, 0.15) is 11.1 Å². The molecule has 0 N–H and O–H groups in total. The summed E-state index contributed by atoms with van der Waals surface area (Å²) in [6.45, 7) is 2.35. The molecule has 0 fully saturated rings. The zero-order valence-corrected chi connectivity index (χ0v) is 15.5. The largest absolute Gasteiger partial charge is 0.489 e. The number of halogens is 1. The van der Waals surface area contributed by atoms with Crippen molar-refractivity contribution in [1.29, 1.82) is 0 Å². The number of benzene rings is 3. The standard InChI is InChI=1S/C23H17ClO3/c1-15-20-12-11-19(26-14-16-7-9-18(24)10-8-16)13-21(20)27-23(25)22(15)17-5-3-2-4-6-17/h2-13H,14H2,1H3. The maximum atomic E-state index is 12.6. The Hall–Kier alpha value is -3.04. The SMILES string of the molecule is Cc1c(-c2ccccc2)c(=O)oc2cc(OCc3ccc(Cl)cc3)ccc12. The van der Waals surface area contributed by atoms with E-state index in [1.807, 2.05) is 73.7 Å². The van der Waals surface area contributed by atoms with Crippen LogP contribution in [-0.4, -0.2) is 0 Å². The maximum absolute atomic E-state index is 12.6. The molecular formula is C23H17ClO3. The van der Waals surface area contributed by atoms with E-state index in [0.29, 0.717) is 28.5 Å². The molecule has 0 unspecified atom stereocenters. The number of hydrogen-bond acceptors (Lipinski definition) is 3. The third-order valence-corrected chi connectivity index (χ3v) is 4.77. The quantitative estimate of drug-likeness (QED) is 0.410. The molecule has 0 spiro atoms. The predicted molar refractivity (Wildman–Crippen MR) is 108 cm³/mol. The van der Waals surface area contributed by atoms with Crippen molar-refractivity contribution < 1.29 is 9.15 Å². The lowest BCUT2D eigenvalue weighted by molar-refractivity contribution is 0.306. The zero-order valence-electron chi connectivity index (χ0n) is 14.7. The molecule has 0 saturated heterocycles. The van der Waals surface area contributed by atoms with Gasteiger partial charge < -0.3 is 9.15 Å². The molecule has 27 heavy (non-hydrogen) atoms. The molecule has 0 bridgehead atoms. The van der Waals surface area contributed by atoms with Crippen molar-refractivity contribution in [3.05, 3.63) is 99.4 Å². The average Bonchev–Trinajstić information content (AvgIpc) is 2.68. The fourth-order valence-electron chi connectivity index (χ4n) is 3.11. The fraction of sp³-hybridized carbons (Fsp3) is 0.0870. The van der Waals surface area contributed by atoms with E-state index in [9.17, 15) is 4.79 Å². The van der Waals surface area contributed by atoms with Gasteiger partial charge in [0, 0.05) is 16.5 Å². The summed E-state index contributed by atoms with van der Waals surface area (Å²) >= 11 is 5.90. The van der Waals surface area contributed by atoms with E-state index >= 15 is 0 Å². The molecule has 0 aliphatic rings.